The van der Waals surface area contributed by atoms with E-state index >= 15 is 0 Å². The van der Waals surface area contributed by atoms with Crippen molar-refractivity contribution in [3.8, 4) is 0 Å². The van der Waals surface area contributed by atoms with Crippen LogP contribution in [0.15, 0.2) is 30.3 Å². The minimum absolute atomic E-state index is 0.114. The lowest BCUT2D eigenvalue weighted by atomic mass is 10.0. The number of aromatic nitrogens is 2. The maximum atomic E-state index is 12.3. The molecule has 5 heteroatoms. The van der Waals surface area contributed by atoms with Crippen molar-refractivity contribution in [3.63, 3.8) is 0 Å². The zero-order valence-electron chi connectivity index (χ0n) is 13.6. The monoisotopic (exact) mass is 339 g/mol. The van der Waals surface area contributed by atoms with Crippen LogP contribution >= 0.6 is 11.6 Å². The highest BCUT2D eigenvalue weighted by Gasteiger charge is 2.18. The van der Waals surface area contributed by atoms with E-state index in [2.05, 4.69) is 40.4 Å². The molecule has 0 unspecified atom stereocenters. The number of alkyl halides is 1. The lowest BCUT2D eigenvalue weighted by Gasteiger charge is -2.02. The highest BCUT2D eigenvalue weighted by Crippen LogP contribution is 2.35. The smallest absolute Gasteiger partial charge is 0.268 e. The van der Waals surface area contributed by atoms with E-state index in [-0.39, 0.29) is 5.91 Å². The van der Waals surface area contributed by atoms with Gasteiger partial charge in [0.2, 0.25) is 0 Å². The molecule has 0 aliphatic heterocycles. The molecule has 0 aliphatic carbocycles. The van der Waals surface area contributed by atoms with Crippen LogP contribution in [0, 0.1) is 13.8 Å². The van der Waals surface area contributed by atoms with Gasteiger partial charge >= 0.3 is 0 Å². The summed E-state index contributed by atoms with van der Waals surface area (Å²) in [5, 5.41) is 6.29. The summed E-state index contributed by atoms with van der Waals surface area (Å²) in [4.78, 5) is 19.1. The maximum absolute atomic E-state index is 12.3. The van der Waals surface area contributed by atoms with Gasteiger partial charge < -0.3 is 15.3 Å². The van der Waals surface area contributed by atoms with Crippen LogP contribution in [0.3, 0.4) is 0 Å². The van der Waals surface area contributed by atoms with Gasteiger partial charge in [-0.1, -0.05) is 18.2 Å². The van der Waals surface area contributed by atoms with Gasteiger partial charge in [0.15, 0.2) is 0 Å². The molecule has 4 aromatic rings. The van der Waals surface area contributed by atoms with Crippen molar-refractivity contribution in [2.24, 2.45) is 0 Å². The zero-order valence-corrected chi connectivity index (χ0v) is 14.3. The number of aryl methyl sites for hydroxylation is 2. The Morgan fingerprint density at radius 2 is 1.88 bits per heavy atom. The molecule has 2 aromatic heterocycles. The van der Waals surface area contributed by atoms with Crippen molar-refractivity contribution < 1.29 is 4.79 Å². The van der Waals surface area contributed by atoms with E-state index in [1.165, 1.54) is 10.8 Å². The molecule has 0 bridgehead atoms. The van der Waals surface area contributed by atoms with Crippen LogP contribution in [0.2, 0.25) is 0 Å². The number of fused-ring (bicyclic) bond motifs is 4. The van der Waals surface area contributed by atoms with Crippen LogP contribution in [0.1, 0.15) is 21.6 Å². The highest BCUT2D eigenvalue weighted by molar-refractivity contribution is 6.18. The number of para-hydroxylation sites is 1. The number of aromatic amines is 2. The Balaban J connectivity index is 1.99. The molecule has 0 radical (unpaired) electrons. The summed E-state index contributed by atoms with van der Waals surface area (Å²) in [6, 6.07) is 10.4. The molecule has 0 saturated carbocycles. The highest BCUT2D eigenvalue weighted by atomic mass is 35.5. The van der Waals surface area contributed by atoms with Gasteiger partial charge in [0.25, 0.3) is 5.91 Å². The molecule has 4 rings (SSSR count). The second kappa shape index (κ2) is 5.56. The Bertz CT molecular complexity index is 1090. The molecular formula is C19H18ClN3O. The normalized spacial score (nSPS) is 11.6. The lowest BCUT2D eigenvalue weighted by molar-refractivity contribution is 0.0951. The average molecular weight is 340 g/mol. The Labute approximate surface area is 144 Å². The minimum Gasteiger partial charge on any atom is -0.354 e. The summed E-state index contributed by atoms with van der Waals surface area (Å²) in [6.07, 6.45) is 0. The van der Waals surface area contributed by atoms with Crippen LogP contribution in [0.5, 0.6) is 0 Å². The molecule has 122 valence electrons. The third-order valence-corrected chi connectivity index (χ3v) is 4.86. The number of hydrogen-bond donors (Lipinski definition) is 3. The number of hydrogen-bond acceptors (Lipinski definition) is 1. The van der Waals surface area contributed by atoms with Crippen molar-refractivity contribution >= 4 is 50.2 Å². The Hall–Kier alpha value is -2.46. The van der Waals surface area contributed by atoms with Gasteiger partial charge in [-0.25, -0.2) is 0 Å². The fourth-order valence-electron chi connectivity index (χ4n) is 3.56. The zero-order chi connectivity index (χ0) is 16.8. The second-order valence-corrected chi connectivity index (χ2v) is 6.47. The third kappa shape index (κ3) is 2.10. The van der Waals surface area contributed by atoms with Gasteiger partial charge in [0.05, 0.1) is 5.52 Å². The van der Waals surface area contributed by atoms with Crippen LogP contribution in [0.4, 0.5) is 0 Å². The van der Waals surface area contributed by atoms with Crippen molar-refractivity contribution in [2.75, 3.05) is 12.4 Å². The first kappa shape index (κ1) is 15.1. The van der Waals surface area contributed by atoms with E-state index in [9.17, 15) is 4.79 Å². The maximum Gasteiger partial charge on any atom is 0.268 e. The van der Waals surface area contributed by atoms with Crippen molar-refractivity contribution in [3.05, 3.63) is 47.2 Å². The fraction of sp³-hybridized carbons (Fsp3) is 0.211. The van der Waals surface area contributed by atoms with E-state index in [0.717, 1.165) is 33.1 Å². The van der Waals surface area contributed by atoms with Gasteiger partial charge in [-0.05, 0) is 37.1 Å². The number of nitrogens with one attached hydrogen (secondary N) is 3. The Morgan fingerprint density at radius 3 is 2.67 bits per heavy atom. The summed E-state index contributed by atoms with van der Waals surface area (Å²) >= 11 is 5.66. The number of benzene rings is 2. The first-order valence-corrected chi connectivity index (χ1v) is 8.51. The lowest BCUT2D eigenvalue weighted by Crippen LogP contribution is -2.26. The predicted molar refractivity (Wildman–Crippen MR) is 100 cm³/mol. The van der Waals surface area contributed by atoms with E-state index in [4.69, 9.17) is 11.6 Å². The molecule has 0 spiro atoms. The molecule has 4 nitrogen and oxygen atoms in total. The quantitative estimate of drug-likeness (QED) is 0.476. The molecule has 0 fully saturated rings. The van der Waals surface area contributed by atoms with E-state index in [1.807, 2.05) is 19.1 Å². The number of halogens is 1. The molecule has 0 saturated heterocycles. The van der Waals surface area contributed by atoms with Gasteiger partial charge in [-0.2, -0.15) is 0 Å². The molecular weight excluding hydrogens is 322 g/mol. The summed E-state index contributed by atoms with van der Waals surface area (Å²) < 4.78 is 0. The van der Waals surface area contributed by atoms with Gasteiger partial charge in [0.1, 0.15) is 5.69 Å². The summed E-state index contributed by atoms with van der Waals surface area (Å²) in [7, 11) is 0. The topological polar surface area (TPSA) is 60.7 Å². The first-order valence-electron chi connectivity index (χ1n) is 7.98. The standard InChI is InChI=1S/C19H18ClN3O/c1-10-16-11(2)18(19(24)21-8-7-20)23-15(16)9-13-12-5-3-4-6-14(12)22-17(10)13/h3-6,9,22-23H,7-8H2,1-2H3,(H,21,24). The van der Waals surface area contributed by atoms with Crippen LogP contribution < -0.4 is 5.32 Å². The minimum atomic E-state index is -0.114. The number of amides is 1. The molecule has 3 N–H and O–H groups in total. The molecule has 0 atom stereocenters. The number of carbonyl (C=O) groups excluding carboxylic acids is 1. The number of carbonyl (C=O) groups is 1. The van der Waals surface area contributed by atoms with Crippen LogP contribution in [-0.2, 0) is 0 Å². The molecule has 2 aromatic carbocycles. The number of rotatable bonds is 3. The molecule has 0 aliphatic rings. The largest absolute Gasteiger partial charge is 0.354 e. The van der Waals surface area contributed by atoms with Gasteiger partial charge in [-0.3, -0.25) is 4.79 Å². The Morgan fingerprint density at radius 1 is 1.08 bits per heavy atom. The molecule has 2 heterocycles. The average Bonchev–Trinajstić information content (AvgIpc) is 3.12. The fourth-order valence-corrected chi connectivity index (χ4v) is 3.66. The van der Waals surface area contributed by atoms with Gasteiger partial charge in [0, 0.05) is 39.6 Å². The summed E-state index contributed by atoms with van der Waals surface area (Å²) in [6.45, 7) is 4.54. The third-order valence-electron chi connectivity index (χ3n) is 4.67. The molecule has 24 heavy (non-hydrogen) atoms. The first-order chi connectivity index (χ1) is 11.6. The van der Waals surface area contributed by atoms with E-state index < -0.39 is 0 Å². The number of H-pyrrole nitrogens is 2. The molecule has 1 amide bonds. The van der Waals surface area contributed by atoms with Crippen molar-refractivity contribution in [2.45, 2.75) is 13.8 Å². The summed E-state index contributed by atoms with van der Waals surface area (Å²) in [5.74, 6) is 0.288. The van der Waals surface area contributed by atoms with Crippen molar-refractivity contribution in [1.29, 1.82) is 0 Å². The SMILES string of the molecule is Cc1c(C(=O)NCCCl)[nH]c2cc3c([nH]c4ccccc43)c(C)c12. The van der Waals surface area contributed by atoms with Crippen molar-refractivity contribution in [1.82, 2.24) is 15.3 Å². The Kier molecular flexibility index (Phi) is 3.50. The summed E-state index contributed by atoms with van der Waals surface area (Å²) in [5.41, 5.74) is 5.96. The predicted octanol–water partition coefficient (Wildman–Crippen LogP) is 4.39. The second-order valence-electron chi connectivity index (χ2n) is 6.09. The van der Waals surface area contributed by atoms with Crippen LogP contribution in [-0.4, -0.2) is 28.3 Å². The van der Waals surface area contributed by atoms with Crippen LogP contribution in [0.25, 0.3) is 32.7 Å². The van der Waals surface area contributed by atoms with Gasteiger partial charge in [-0.15, -0.1) is 11.6 Å². The van der Waals surface area contributed by atoms with E-state index in [0.29, 0.717) is 18.1 Å². The van der Waals surface area contributed by atoms with E-state index in [1.54, 1.807) is 0 Å².